The van der Waals surface area contributed by atoms with Crippen molar-refractivity contribution in [3.05, 3.63) is 22.5 Å². The lowest BCUT2D eigenvalue weighted by Gasteiger charge is -2.22. The Balaban J connectivity index is 1.66. The van der Waals surface area contributed by atoms with E-state index in [4.69, 9.17) is 4.74 Å². The minimum Gasteiger partial charge on any atom is -0.376 e. The molecule has 0 atom stereocenters. The second-order valence-corrected chi connectivity index (χ2v) is 4.27. The van der Waals surface area contributed by atoms with Gasteiger partial charge < -0.3 is 15.4 Å². The van der Waals surface area contributed by atoms with Crippen LogP contribution in [0.4, 0.5) is 11.6 Å². The molecule has 0 radical (unpaired) electrons. The Bertz CT molecular complexity index is 405. The van der Waals surface area contributed by atoms with Crippen molar-refractivity contribution in [3.63, 3.8) is 0 Å². The van der Waals surface area contributed by atoms with Gasteiger partial charge in [-0.05, 0) is 25.9 Å². The summed E-state index contributed by atoms with van der Waals surface area (Å²) in [5.41, 5.74) is -0.114. The Morgan fingerprint density at radius 3 is 2.74 bits per heavy atom. The zero-order valence-electron chi connectivity index (χ0n) is 10.5. The number of ether oxygens (including phenoxy) is 1. The van der Waals surface area contributed by atoms with Gasteiger partial charge in [-0.15, -0.1) is 0 Å². The molecule has 2 N–H and O–H groups in total. The fourth-order valence-electron chi connectivity index (χ4n) is 1.86. The normalized spacial score (nSPS) is 16.2. The zero-order valence-corrected chi connectivity index (χ0v) is 10.5. The van der Waals surface area contributed by atoms with Crippen LogP contribution in [0.25, 0.3) is 0 Å². The van der Waals surface area contributed by atoms with Gasteiger partial charge >= 0.3 is 5.69 Å². The molecule has 8 nitrogen and oxygen atoms in total. The van der Waals surface area contributed by atoms with Gasteiger partial charge in [0.2, 0.25) is 5.95 Å². The van der Waals surface area contributed by atoms with Crippen LogP contribution in [0.1, 0.15) is 12.8 Å². The molecule has 2 heterocycles. The third-order valence-corrected chi connectivity index (χ3v) is 2.87. The number of nitrogens with zero attached hydrogens (tertiary/aromatic N) is 3. The highest BCUT2D eigenvalue weighted by Gasteiger charge is 2.12. The van der Waals surface area contributed by atoms with Crippen LogP contribution in [0, 0.1) is 10.1 Å². The molecule has 104 valence electrons. The molecule has 0 amide bonds. The number of piperidine rings is 1. The van der Waals surface area contributed by atoms with E-state index in [0.717, 1.165) is 25.9 Å². The summed E-state index contributed by atoms with van der Waals surface area (Å²) < 4.78 is 5.70. The van der Waals surface area contributed by atoms with Crippen LogP contribution < -0.4 is 10.6 Å². The Hall–Kier alpha value is -1.80. The lowest BCUT2D eigenvalue weighted by atomic mass is 10.1. The molecule has 1 aliphatic rings. The lowest BCUT2D eigenvalue weighted by Crippen LogP contribution is -2.33. The van der Waals surface area contributed by atoms with Crippen molar-refractivity contribution < 1.29 is 9.66 Å². The Kier molecular flexibility index (Phi) is 4.99. The maximum atomic E-state index is 10.4. The Morgan fingerprint density at radius 2 is 2.11 bits per heavy atom. The summed E-state index contributed by atoms with van der Waals surface area (Å²) in [4.78, 5) is 17.6. The molecule has 0 saturated carbocycles. The molecule has 1 aromatic rings. The van der Waals surface area contributed by atoms with E-state index in [2.05, 4.69) is 20.6 Å². The first-order chi connectivity index (χ1) is 9.25. The quantitative estimate of drug-likeness (QED) is 0.441. The smallest absolute Gasteiger partial charge is 0.305 e. The van der Waals surface area contributed by atoms with E-state index in [1.165, 1.54) is 12.4 Å². The second kappa shape index (κ2) is 6.95. The summed E-state index contributed by atoms with van der Waals surface area (Å²) in [7, 11) is 0. The molecule has 0 aromatic carbocycles. The van der Waals surface area contributed by atoms with E-state index >= 15 is 0 Å². The first-order valence-electron chi connectivity index (χ1n) is 6.28. The van der Waals surface area contributed by atoms with E-state index in [-0.39, 0.29) is 5.69 Å². The summed E-state index contributed by atoms with van der Waals surface area (Å²) in [6.45, 7) is 3.17. The number of nitrogens with one attached hydrogen (secondary N) is 2. The van der Waals surface area contributed by atoms with Gasteiger partial charge in [-0.2, -0.15) is 0 Å². The number of anilines is 1. The molecular formula is C11H17N5O3. The number of nitro groups is 1. The van der Waals surface area contributed by atoms with Crippen molar-refractivity contribution in [3.8, 4) is 0 Å². The summed E-state index contributed by atoms with van der Waals surface area (Å²) in [5.74, 6) is 0.375. The number of aromatic nitrogens is 2. The molecule has 8 heteroatoms. The Morgan fingerprint density at radius 1 is 1.42 bits per heavy atom. The van der Waals surface area contributed by atoms with Gasteiger partial charge in [0.25, 0.3) is 0 Å². The van der Waals surface area contributed by atoms with Crippen molar-refractivity contribution in [1.29, 1.82) is 0 Å². The van der Waals surface area contributed by atoms with Crippen LogP contribution in [-0.2, 0) is 4.74 Å². The third-order valence-electron chi connectivity index (χ3n) is 2.87. The van der Waals surface area contributed by atoms with Gasteiger partial charge in [0, 0.05) is 6.54 Å². The summed E-state index contributed by atoms with van der Waals surface area (Å²) >= 11 is 0. The fourth-order valence-corrected chi connectivity index (χ4v) is 1.86. The SMILES string of the molecule is O=[N+]([O-])c1cnc(NCCOC2CCNCC2)nc1. The van der Waals surface area contributed by atoms with Gasteiger partial charge in [0.05, 0.1) is 17.6 Å². The lowest BCUT2D eigenvalue weighted by molar-refractivity contribution is -0.385. The van der Waals surface area contributed by atoms with E-state index in [9.17, 15) is 10.1 Å². The molecule has 0 bridgehead atoms. The van der Waals surface area contributed by atoms with Crippen LogP contribution in [0.2, 0.25) is 0 Å². The summed E-state index contributed by atoms with van der Waals surface area (Å²) in [5, 5.41) is 16.7. The summed E-state index contributed by atoms with van der Waals surface area (Å²) in [6, 6.07) is 0. The van der Waals surface area contributed by atoms with Gasteiger partial charge in [0.15, 0.2) is 0 Å². The average Bonchev–Trinajstić information content (AvgIpc) is 2.45. The minimum absolute atomic E-state index is 0.114. The molecule has 1 saturated heterocycles. The van der Waals surface area contributed by atoms with Crippen LogP contribution in [-0.4, -0.2) is 47.2 Å². The molecule has 0 spiro atoms. The van der Waals surface area contributed by atoms with E-state index < -0.39 is 4.92 Å². The zero-order chi connectivity index (χ0) is 13.5. The molecule has 19 heavy (non-hydrogen) atoms. The van der Waals surface area contributed by atoms with Crippen molar-refractivity contribution in [2.75, 3.05) is 31.6 Å². The van der Waals surface area contributed by atoms with Crippen molar-refractivity contribution >= 4 is 11.6 Å². The highest BCUT2D eigenvalue weighted by molar-refractivity contribution is 5.30. The first kappa shape index (κ1) is 13.6. The molecule has 2 rings (SSSR count). The Labute approximate surface area is 110 Å². The van der Waals surface area contributed by atoms with Crippen molar-refractivity contribution in [2.24, 2.45) is 0 Å². The largest absolute Gasteiger partial charge is 0.376 e. The van der Waals surface area contributed by atoms with E-state index in [0.29, 0.717) is 25.2 Å². The molecular weight excluding hydrogens is 250 g/mol. The standard InChI is InChI=1S/C11H17N5O3/c17-16(18)9-7-14-11(15-8-9)13-5-6-19-10-1-3-12-4-2-10/h7-8,10,12H,1-6H2,(H,13,14,15). The van der Waals surface area contributed by atoms with Crippen LogP contribution in [0.5, 0.6) is 0 Å². The van der Waals surface area contributed by atoms with E-state index in [1.807, 2.05) is 0 Å². The summed E-state index contributed by atoms with van der Waals surface area (Å²) in [6.07, 6.45) is 4.76. The van der Waals surface area contributed by atoms with Crippen molar-refractivity contribution in [1.82, 2.24) is 15.3 Å². The fraction of sp³-hybridized carbons (Fsp3) is 0.636. The average molecular weight is 267 g/mol. The molecule has 1 fully saturated rings. The van der Waals surface area contributed by atoms with Crippen molar-refractivity contribution in [2.45, 2.75) is 18.9 Å². The number of hydrogen-bond donors (Lipinski definition) is 2. The van der Waals surface area contributed by atoms with Gasteiger partial charge in [-0.3, -0.25) is 10.1 Å². The highest BCUT2D eigenvalue weighted by Crippen LogP contribution is 2.08. The molecule has 1 aromatic heterocycles. The predicted molar refractivity (Wildman–Crippen MR) is 69.0 cm³/mol. The van der Waals surface area contributed by atoms with Crippen LogP contribution in [0.15, 0.2) is 12.4 Å². The van der Waals surface area contributed by atoms with Gasteiger partial charge in [0.1, 0.15) is 12.4 Å². The maximum absolute atomic E-state index is 10.4. The second-order valence-electron chi connectivity index (χ2n) is 4.27. The van der Waals surface area contributed by atoms with Gasteiger partial charge in [-0.25, -0.2) is 9.97 Å². The maximum Gasteiger partial charge on any atom is 0.305 e. The number of hydrogen-bond acceptors (Lipinski definition) is 7. The molecule has 1 aliphatic heterocycles. The molecule has 0 aliphatic carbocycles. The highest BCUT2D eigenvalue weighted by atomic mass is 16.6. The molecule has 0 unspecified atom stereocenters. The van der Waals surface area contributed by atoms with Crippen LogP contribution >= 0.6 is 0 Å². The minimum atomic E-state index is -0.524. The predicted octanol–water partition coefficient (Wildman–Crippen LogP) is 0.565. The number of rotatable bonds is 6. The monoisotopic (exact) mass is 267 g/mol. The third kappa shape index (κ3) is 4.42. The van der Waals surface area contributed by atoms with Crippen LogP contribution in [0.3, 0.4) is 0 Å². The topological polar surface area (TPSA) is 102 Å². The first-order valence-corrected chi connectivity index (χ1v) is 6.28. The van der Waals surface area contributed by atoms with Gasteiger partial charge in [-0.1, -0.05) is 0 Å². The van der Waals surface area contributed by atoms with E-state index in [1.54, 1.807) is 0 Å².